The molecule has 0 amide bonds. The molecule has 2 N–H and O–H groups in total. The summed E-state index contributed by atoms with van der Waals surface area (Å²) in [7, 11) is 3.49. The van der Waals surface area contributed by atoms with Crippen LogP contribution in [0.3, 0.4) is 0 Å². The van der Waals surface area contributed by atoms with Gasteiger partial charge < -0.3 is 15.4 Å². The van der Waals surface area contributed by atoms with Crippen molar-refractivity contribution in [3.8, 4) is 0 Å². The molecule has 130 valence electrons. The van der Waals surface area contributed by atoms with Crippen LogP contribution < -0.4 is 10.6 Å². The number of nitrogens with zero attached hydrogens (tertiary/aromatic N) is 2. The Hall–Kier alpha value is -1.92. The number of aromatic nitrogens is 1. The highest BCUT2D eigenvalue weighted by Gasteiger charge is 2.04. The fraction of sp³-hybridized carbons (Fsp3) is 0.444. The van der Waals surface area contributed by atoms with E-state index in [4.69, 9.17) is 4.74 Å². The average molecular weight is 347 g/mol. The Labute approximate surface area is 148 Å². The number of nitrogens with one attached hydrogen (secondary N) is 2. The minimum absolute atomic E-state index is 0.645. The van der Waals surface area contributed by atoms with Crippen LogP contribution in [-0.2, 0) is 24.3 Å². The van der Waals surface area contributed by atoms with Gasteiger partial charge in [-0.15, -0.1) is 11.3 Å². The Morgan fingerprint density at radius 3 is 2.46 bits per heavy atom. The molecule has 0 bridgehead atoms. The van der Waals surface area contributed by atoms with Crippen molar-refractivity contribution in [3.05, 3.63) is 51.0 Å². The molecule has 0 spiro atoms. The second-order valence-electron chi connectivity index (χ2n) is 5.60. The number of thiazole rings is 1. The van der Waals surface area contributed by atoms with Crippen molar-refractivity contribution in [2.45, 2.75) is 33.4 Å². The summed E-state index contributed by atoms with van der Waals surface area (Å²) < 4.78 is 5.12. The number of methoxy groups -OCH3 is 1. The standard InChI is InChI=1S/C18H26N4OS/c1-13-14(2)24-17(22-13)9-10-20-18(19-3)21-11-15-5-7-16(8-6-15)12-23-4/h5-8H,9-12H2,1-4H3,(H2,19,20,21). The van der Waals surface area contributed by atoms with Gasteiger partial charge in [-0.05, 0) is 25.0 Å². The van der Waals surface area contributed by atoms with E-state index in [2.05, 4.69) is 58.7 Å². The van der Waals surface area contributed by atoms with Crippen molar-refractivity contribution in [2.24, 2.45) is 4.99 Å². The summed E-state index contributed by atoms with van der Waals surface area (Å²) in [6.07, 6.45) is 0.908. The number of hydrogen-bond donors (Lipinski definition) is 2. The normalized spacial score (nSPS) is 11.6. The highest BCUT2D eigenvalue weighted by atomic mass is 32.1. The number of hydrogen-bond acceptors (Lipinski definition) is 4. The molecule has 0 unspecified atom stereocenters. The summed E-state index contributed by atoms with van der Waals surface area (Å²) in [5.41, 5.74) is 3.52. The first kappa shape index (κ1) is 18.4. The first-order valence-electron chi connectivity index (χ1n) is 8.06. The van der Waals surface area contributed by atoms with E-state index in [-0.39, 0.29) is 0 Å². The third-order valence-corrected chi connectivity index (χ3v) is 4.85. The predicted octanol–water partition coefficient (Wildman–Crippen LogP) is 2.81. The Bertz CT molecular complexity index is 645. The first-order chi connectivity index (χ1) is 11.6. The van der Waals surface area contributed by atoms with Gasteiger partial charge in [-0.1, -0.05) is 24.3 Å². The molecule has 1 heterocycles. The van der Waals surface area contributed by atoms with Gasteiger partial charge in [0.05, 0.1) is 17.3 Å². The molecule has 0 aliphatic heterocycles. The number of aliphatic imine (C=N–C) groups is 1. The molecular formula is C18H26N4OS. The van der Waals surface area contributed by atoms with Crippen LogP contribution in [-0.4, -0.2) is 31.6 Å². The maximum atomic E-state index is 5.12. The summed E-state index contributed by atoms with van der Waals surface area (Å²) >= 11 is 1.77. The lowest BCUT2D eigenvalue weighted by molar-refractivity contribution is 0.185. The van der Waals surface area contributed by atoms with Gasteiger partial charge in [-0.3, -0.25) is 4.99 Å². The van der Waals surface area contributed by atoms with E-state index >= 15 is 0 Å². The minimum Gasteiger partial charge on any atom is -0.380 e. The molecule has 0 saturated heterocycles. The topological polar surface area (TPSA) is 58.5 Å². The van der Waals surface area contributed by atoms with Gasteiger partial charge in [0.25, 0.3) is 0 Å². The number of ether oxygens (including phenoxy) is 1. The molecule has 0 saturated carbocycles. The highest BCUT2D eigenvalue weighted by molar-refractivity contribution is 7.11. The molecule has 1 aromatic heterocycles. The van der Waals surface area contributed by atoms with E-state index in [1.807, 2.05) is 0 Å². The maximum absolute atomic E-state index is 5.12. The zero-order valence-corrected chi connectivity index (χ0v) is 15.7. The molecule has 5 nitrogen and oxygen atoms in total. The quantitative estimate of drug-likeness (QED) is 0.598. The third kappa shape index (κ3) is 5.62. The lowest BCUT2D eigenvalue weighted by Gasteiger charge is -2.11. The average Bonchev–Trinajstić information content (AvgIpc) is 2.90. The maximum Gasteiger partial charge on any atom is 0.191 e. The van der Waals surface area contributed by atoms with E-state index in [0.717, 1.165) is 31.2 Å². The summed E-state index contributed by atoms with van der Waals surface area (Å²) in [4.78, 5) is 10.1. The smallest absolute Gasteiger partial charge is 0.191 e. The fourth-order valence-corrected chi connectivity index (χ4v) is 3.19. The van der Waals surface area contributed by atoms with Gasteiger partial charge in [0.1, 0.15) is 0 Å². The van der Waals surface area contributed by atoms with Crippen molar-refractivity contribution >= 4 is 17.3 Å². The number of rotatable bonds is 7. The minimum atomic E-state index is 0.645. The molecule has 2 rings (SSSR count). The summed E-state index contributed by atoms with van der Waals surface area (Å²) in [5.74, 6) is 0.806. The summed E-state index contributed by atoms with van der Waals surface area (Å²) in [6, 6.07) is 8.39. The van der Waals surface area contributed by atoms with Gasteiger partial charge >= 0.3 is 0 Å². The lowest BCUT2D eigenvalue weighted by atomic mass is 10.1. The molecule has 0 radical (unpaired) electrons. The van der Waals surface area contributed by atoms with Gasteiger partial charge in [-0.2, -0.15) is 0 Å². The van der Waals surface area contributed by atoms with Crippen LogP contribution in [0.2, 0.25) is 0 Å². The Morgan fingerprint density at radius 1 is 1.17 bits per heavy atom. The van der Waals surface area contributed by atoms with E-state index < -0.39 is 0 Å². The van der Waals surface area contributed by atoms with Crippen LogP contribution in [0.15, 0.2) is 29.3 Å². The zero-order chi connectivity index (χ0) is 17.4. The molecule has 0 fully saturated rings. The van der Waals surface area contributed by atoms with Gasteiger partial charge in [0.15, 0.2) is 5.96 Å². The molecule has 0 atom stereocenters. The van der Waals surface area contributed by atoms with Crippen molar-refractivity contribution < 1.29 is 4.74 Å². The largest absolute Gasteiger partial charge is 0.380 e. The second-order valence-corrected chi connectivity index (χ2v) is 6.89. The van der Waals surface area contributed by atoms with E-state index in [0.29, 0.717) is 6.61 Å². The Kier molecular flexibility index (Phi) is 7.21. The highest BCUT2D eigenvalue weighted by Crippen LogP contribution is 2.16. The molecule has 24 heavy (non-hydrogen) atoms. The van der Waals surface area contributed by atoms with Crippen molar-refractivity contribution in [2.75, 3.05) is 20.7 Å². The Morgan fingerprint density at radius 2 is 1.88 bits per heavy atom. The second kappa shape index (κ2) is 9.39. The molecule has 0 aliphatic carbocycles. The van der Waals surface area contributed by atoms with Crippen LogP contribution in [0.5, 0.6) is 0 Å². The van der Waals surface area contributed by atoms with E-state index in [1.165, 1.54) is 21.0 Å². The van der Waals surface area contributed by atoms with Crippen molar-refractivity contribution in [1.29, 1.82) is 0 Å². The van der Waals surface area contributed by atoms with Crippen molar-refractivity contribution in [3.63, 3.8) is 0 Å². The molecule has 2 aromatic rings. The van der Waals surface area contributed by atoms with Gasteiger partial charge in [0, 0.05) is 38.5 Å². The number of aryl methyl sites for hydroxylation is 2. The molecule has 6 heteroatoms. The monoisotopic (exact) mass is 346 g/mol. The van der Waals surface area contributed by atoms with Crippen LogP contribution in [0, 0.1) is 13.8 Å². The SMILES string of the molecule is CN=C(NCCc1nc(C)c(C)s1)NCc1ccc(COC)cc1. The third-order valence-electron chi connectivity index (χ3n) is 3.72. The molecule has 0 aliphatic rings. The fourth-order valence-electron chi connectivity index (χ4n) is 2.26. The molecular weight excluding hydrogens is 320 g/mol. The zero-order valence-electron chi connectivity index (χ0n) is 14.8. The summed E-state index contributed by atoms with van der Waals surface area (Å²) in [5, 5.41) is 7.83. The van der Waals surface area contributed by atoms with Gasteiger partial charge in [0.2, 0.25) is 0 Å². The number of guanidine groups is 1. The molecule has 1 aromatic carbocycles. The van der Waals surface area contributed by atoms with Crippen LogP contribution in [0.4, 0.5) is 0 Å². The number of benzene rings is 1. The van der Waals surface area contributed by atoms with Crippen LogP contribution in [0.25, 0.3) is 0 Å². The van der Waals surface area contributed by atoms with Crippen LogP contribution in [0.1, 0.15) is 26.7 Å². The lowest BCUT2D eigenvalue weighted by Crippen LogP contribution is -2.37. The Balaban J connectivity index is 1.75. The van der Waals surface area contributed by atoms with Gasteiger partial charge in [-0.25, -0.2) is 4.98 Å². The van der Waals surface area contributed by atoms with E-state index in [9.17, 15) is 0 Å². The van der Waals surface area contributed by atoms with Crippen molar-refractivity contribution in [1.82, 2.24) is 15.6 Å². The van der Waals surface area contributed by atoms with Crippen LogP contribution >= 0.6 is 11.3 Å². The summed E-state index contributed by atoms with van der Waals surface area (Å²) in [6.45, 7) is 6.37. The van der Waals surface area contributed by atoms with E-state index in [1.54, 1.807) is 25.5 Å². The predicted molar refractivity (Wildman–Crippen MR) is 101 cm³/mol. The first-order valence-corrected chi connectivity index (χ1v) is 8.88.